The Bertz CT molecular complexity index is 702. The molecule has 0 fully saturated rings. The first-order valence-corrected chi connectivity index (χ1v) is 7.33. The lowest BCUT2D eigenvalue weighted by Crippen LogP contribution is -2.09. The van der Waals surface area contributed by atoms with E-state index in [0.29, 0.717) is 12.2 Å². The van der Waals surface area contributed by atoms with Crippen LogP contribution in [0.2, 0.25) is 0 Å². The first-order valence-electron chi connectivity index (χ1n) is 7.33. The second kappa shape index (κ2) is 6.48. The van der Waals surface area contributed by atoms with E-state index >= 15 is 0 Å². The number of hydrogen-bond donors (Lipinski definition) is 0. The third-order valence-corrected chi connectivity index (χ3v) is 3.80. The Hall–Kier alpha value is -2.55. The smallest absolute Gasteiger partial charge is 0.149 e. The zero-order valence-corrected chi connectivity index (χ0v) is 12.5. The Kier molecular flexibility index (Phi) is 4.24. The van der Waals surface area contributed by atoms with Crippen LogP contribution in [0.15, 0.2) is 48.0 Å². The van der Waals surface area contributed by atoms with Crippen molar-refractivity contribution in [3.05, 3.63) is 64.7 Å². The Morgan fingerprint density at radius 2 is 1.91 bits per heavy atom. The molecule has 0 bridgehead atoms. The summed E-state index contributed by atoms with van der Waals surface area (Å²) < 4.78 is 11.1. The summed E-state index contributed by atoms with van der Waals surface area (Å²) >= 11 is 0. The number of carbonyl (C=O) groups excluding carboxylic acids is 1. The molecule has 0 aliphatic carbocycles. The van der Waals surface area contributed by atoms with Gasteiger partial charge < -0.3 is 9.47 Å². The van der Waals surface area contributed by atoms with Gasteiger partial charge in [0.05, 0.1) is 12.7 Å². The zero-order valence-electron chi connectivity index (χ0n) is 12.5. The van der Waals surface area contributed by atoms with Crippen molar-refractivity contribution in [2.24, 2.45) is 0 Å². The normalized spacial score (nSPS) is 12.9. The fourth-order valence-corrected chi connectivity index (χ4v) is 2.62. The summed E-state index contributed by atoms with van der Waals surface area (Å²) in [5, 5.41) is 0. The predicted octanol–water partition coefficient (Wildman–Crippen LogP) is 3.46. The van der Waals surface area contributed by atoms with Crippen molar-refractivity contribution in [3.8, 4) is 11.5 Å². The van der Waals surface area contributed by atoms with Crippen LogP contribution in [-0.2, 0) is 17.6 Å². The fraction of sp³-hybridized carbons (Fsp3) is 0.211. The molecule has 112 valence electrons. The topological polar surface area (TPSA) is 35.5 Å². The molecule has 0 unspecified atom stereocenters. The maximum absolute atomic E-state index is 10.9. The fourth-order valence-electron chi connectivity index (χ4n) is 2.62. The lowest BCUT2D eigenvalue weighted by Gasteiger charge is -2.19. The van der Waals surface area contributed by atoms with Crippen LogP contribution < -0.4 is 9.47 Å². The number of aryl methyl sites for hydroxylation is 2. The van der Waals surface area contributed by atoms with Crippen molar-refractivity contribution in [1.29, 1.82) is 0 Å². The van der Waals surface area contributed by atoms with Gasteiger partial charge in [-0.05, 0) is 42.2 Å². The van der Waals surface area contributed by atoms with Gasteiger partial charge in [-0.25, -0.2) is 0 Å². The largest absolute Gasteiger partial charge is 0.496 e. The minimum Gasteiger partial charge on any atom is -0.496 e. The number of fused-ring (bicyclic) bond motifs is 1. The third-order valence-electron chi connectivity index (χ3n) is 3.80. The predicted molar refractivity (Wildman–Crippen MR) is 86.4 cm³/mol. The van der Waals surface area contributed by atoms with Gasteiger partial charge in [-0.2, -0.15) is 0 Å². The average Bonchev–Trinajstić information content (AvgIpc) is 2.59. The van der Waals surface area contributed by atoms with Crippen molar-refractivity contribution in [2.45, 2.75) is 12.8 Å². The van der Waals surface area contributed by atoms with E-state index in [1.807, 2.05) is 24.3 Å². The van der Waals surface area contributed by atoms with E-state index in [0.717, 1.165) is 36.2 Å². The molecule has 0 atom stereocenters. The molecule has 0 spiro atoms. The van der Waals surface area contributed by atoms with E-state index in [1.165, 1.54) is 11.1 Å². The molecule has 1 aliphatic heterocycles. The van der Waals surface area contributed by atoms with E-state index in [2.05, 4.69) is 24.3 Å². The second-order valence-corrected chi connectivity index (χ2v) is 5.32. The molecule has 0 aromatic heterocycles. The molecule has 3 rings (SSSR count). The summed E-state index contributed by atoms with van der Waals surface area (Å²) in [4.78, 5) is 10.9. The highest BCUT2D eigenvalue weighted by Crippen LogP contribution is 2.35. The number of carbonyl (C=O) groups is 1. The molecule has 0 N–H and O–H groups in total. The third kappa shape index (κ3) is 3.03. The Labute approximate surface area is 130 Å². The molecule has 0 radical (unpaired) electrons. The lowest BCUT2D eigenvalue weighted by molar-refractivity contribution is -0.105. The van der Waals surface area contributed by atoms with Crippen molar-refractivity contribution >= 4 is 12.4 Å². The van der Waals surface area contributed by atoms with Gasteiger partial charge in [0.25, 0.3) is 0 Å². The average molecular weight is 294 g/mol. The standard InChI is InChI=1S/C19H18O3/c1-21-18-10-15(8-7-14-5-3-2-4-6-14)11-19-17(18)9-16(12-20)13-22-19/h2-6,9-12H,7-8,13H2,1H3. The molecule has 2 aromatic rings. The number of methoxy groups -OCH3 is 1. The van der Waals surface area contributed by atoms with Crippen LogP contribution in [-0.4, -0.2) is 20.0 Å². The lowest BCUT2D eigenvalue weighted by atomic mass is 10.00. The van der Waals surface area contributed by atoms with Crippen LogP contribution in [0.4, 0.5) is 0 Å². The Morgan fingerprint density at radius 1 is 1.14 bits per heavy atom. The molecule has 0 saturated carbocycles. The van der Waals surface area contributed by atoms with E-state index in [9.17, 15) is 4.79 Å². The highest BCUT2D eigenvalue weighted by Gasteiger charge is 2.16. The zero-order chi connectivity index (χ0) is 15.4. The number of rotatable bonds is 5. The summed E-state index contributed by atoms with van der Waals surface area (Å²) in [5.74, 6) is 1.53. The maximum atomic E-state index is 10.9. The van der Waals surface area contributed by atoms with Crippen molar-refractivity contribution in [2.75, 3.05) is 13.7 Å². The van der Waals surface area contributed by atoms with Gasteiger partial charge in [-0.3, -0.25) is 4.79 Å². The number of benzene rings is 2. The van der Waals surface area contributed by atoms with Gasteiger partial charge in [0.2, 0.25) is 0 Å². The van der Waals surface area contributed by atoms with Crippen LogP contribution in [0.25, 0.3) is 6.08 Å². The summed E-state index contributed by atoms with van der Waals surface area (Å²) in [6, 6.07) is 14.5. The van der Waals surface area contributed by atoms with Gasteiger partial charge >= 0.3 is 0 Å². The van der Waals surface area contributed by atoms with E-state index in [1.54, 1.807) is 7.11 Å². The van der Waals surface area contributed by atoms with E-state index in [4.69, 9.17) is 9.47 Å². The molecular weight excluding hydrogens is 276 g/mol. The summed E-state index contributed by atoms with van der Waals surface area (Å²) in [6.07, 6.45) is 4.55. The number of ether oxygens (including phenoxy) is 2. The molecule has 0 amide bonds. The number of aldehydes is 1. The van der Waals surface area contributed by atoms with Crippen LogP contribution in [0.3, 0.4) is 0 Å². The Balaban J connectivity index is 1.85. The molecule has 2 aromatic carbocycles. The van der Waals surface area contributed by atoms with Crippen molar-refractivity contribution < 1.29 is 14.3 Å². The first kappa shape index (κ1) is 14.4. The van der Waals surface area contributed by atoms with Crippen LogP contribution in [0.5, 0.6) is 11.5 Å². The molecule has 3 nitrogen and oxygen atoms in total. The molecule has 1 heterocycles. The molecular formula is C19H18O3. The molecule has 1 aliphatic rings. The highest BCUT2D eigenvalue weighted by atomic mass is 16.5. The monoisotopic (exact) mass is 294 g/mol. The van der Waals surface area contributed by atoms with Gasteiger partial charge in [0.1, 0.15) is 24.4 Å². The highest BCUT2D eigenvalue weighted by molar-refractivity contribution is 5.85. The van der Waals surface area contributed by atoms with Crippen molar-refractivity contribution in [1.82, 2.24) is 0 Å². The Morgan fingerprint density at radius 3 is 2.64 bits per heavy atom. The maximum Gasteiger partial charge on any atom is 0.149 e. The minimum atomic E-state index is 0.321. The molecule has 0 saturated heterocycles. The SMILES string of the molecule is COc1cc(CCc2ccccc2)cc2c1C=C(C=O)CO2. The van der Waals surface area contributed by atoms with Crippen LogP contribution in [0.1, 0.15) is 16.7 Å². The van der Waals surface area contributed by atoms with Crippen LogP contribution in [0, 0.1) is 0 Å². The van der Waals surface area contributed by atoms with Crippen LogP contribution >= 0.6 is 0 Å². The number of hydrogen-bond acceptors (Lipinski definition) is 3. The van der Waals surface area contributed by atoms with Crippen molar-refractivity contribution in [3.63, 3.8) is 0 Å². The van der Waals surface area contributed by atoms with Gasteiger partial charge in [-0.1, -0.05) is 30.3 Å². The molecule has 22 heavy (non-hydrogen) atoms. The summed E-state index contributed by atoms with van der Waals surface area (Å²) in [5.41, 5.74) is 3.95. The van der Waals surface area contributed by atoms with E-state index in [-0.39, 0.29) is 0 Å². The van der Waals surface area contributed by atoms with E-state index < -0.39 is 0 Å². The summed E-state index contributed by atoms with van der Waals surface area (Å²) in [7, 11) is 1.64. The minimum absolute atomic E-state index is 0.321. The van der Waals surface area contributed by atoms with Gasteiger partial charge in [-0.15, -0.1) is 0 Å². The quantitative estimate of drug-likeness (QED) is 0.792. The first-order chi connectivity index (χ1) is 10.8. The van der Waals surface area contributed by atoms with Gasteiger partial charge in [0, 0.05) is 5.57 Å². The molecule has 3 heteroatoms. The second-order valence-electron chi connectivity index (χ2n) is 5.32. The summed E-state index contributed by atoms with van der Waals surface area (Å²) in [6.45, 7) is 0.321. The van der Waals surface area contributed by atoms with Gasteiger partial charge in [0.15, 0.2) is 0 Å².